The lowest BCUT2D eigenvalue weighted by Gasteiger charge is -2.28. The first-order chi connectivity index (χ1) is 10.1. The van der Waals surface area contributed by atoms with Gasteiger partial charge in [-0.1, -0.05) is 57.7 Å². The van der Waals surface area contributed by atoms with E-state index in [0.717, 1.165) is 19.4 Å². The third-order valence-corrected chi connectivity index (χ3v) is 4.52. The van der Waals surface area contributed by atoms with E-state index in [-0.39, 0.29) is 5.82 Å². The lowest BCUT2D eigenvalue weighted by atomic mass is 9.87. The Balaban J connectivity index is 2.85. The largest absolute Gasteiger partial charge is 0.313 e. The van der Waals surface area contributed by atoms with Crippen molar-refractivity contribution in [3.05, 3.63) is 34.6 Å². The van der Waals surface area contributed by atoms with Gasteiger partial charge in [-0.3, -0.25) is 0 Å². The maximum absolute atomic E-state index is 14.0. The fourth-order valence-corrected chi connectivity index (χ4v) is 3.08. The SMILES string of the molecule is CCCCC(CC)C(Cc1c(F)cccc1Cl)NCCC. The molecule has 1 aromatic carbocycles. The number of nitrogens with one attached hydrogen (secondary N) is 1. The van der Waals surface area contributed by atoms with Crippen LogP contribution in [0.1, 0.15) is 58.4 Å². The highest BCUT2D eigenvalue weighted by atomic mass is 35.5. The van der Waals surface area contributed by atoms with E-state index in [1.165, 1.54) is 25.3 Å². The van der Waals surface area contributed by atoms with Crippen molar-refractivity contribution in [2.24, 2.45) is 5.92 Å². The average Bonchev–Trinajstić information content (AvgIpc) is 2.48. The van der Waals surface area contributed by atoms with Gasteiger partial charge in [0, 0.05) is 16.6 Å². The van der Waals surface area contributed by atoms with Gasteiger partial charge in [0.25, 0.3) is 0 Å². The highest BCUT2D eigenvalue weighted by Gasteiger charge is 2.22. The average molecular weight is 314 g/mol. The van der Waals surface area contributed by atoms with Crippen LogP contribution < -0.4 is 5.32 Å². The fourth-order valence-electron chi connectivity index (χ4n) is 2.84. The topological polar surface area (TPSA) is 12.0 Å². The second-order valence-electron chi connectivity index (χ2n) is 5.78. The van der Waals surface area contributed by atoms with E-state index in [2.05, 4.69) is 26.1 Å². The van der Waals surface area contributed by atoms with Crippen molar-refractivity contribution in [2.75, 3.05) is 6.54 Å². The smallest absolute Gasteiger partial charge is 0.127 e. The van der Waals surface area contributed by atoms with Crippen molar-refractivity contribution in [3.63, 3.8) is 0 Å². The van der Waals surface area contributed by atoms with Crippen LogP contribution in [0.2, 0.25) is 5.02 Å². The quantitative estimate of drug-likeness (QED) is 0.592. The first kappa shape index (κ1) is 18.4. The molecule has 0 fully saturated rings. The summed E-state index contributed by atoms with van der Waals surface area (Å²) < 4.78 is 14.0. The normalized spacial score (nSPS) is 14.1. The Bertz CT molecular complexity index is 388. The van der Waals surface area contributed by atoms with Gasteiger partial charge >= 0.3 is 0 Å². The molecular weight excluding hydrogens is 285 g/mol. The molecule has 3 heteroatoms. The van der Waals surface area contributed by atoms with Gasteiger partial charge in [0.2, 0.25) is 0 Å². The molecule has 0 aromatic heterocycles. The predicted molar refractivity (Wildman–Crippen MR) is 90.5 cm³/mol. The van der Waals surface area contributed by atoms with Crippen LogP contribution in [0.3, 0.4) is 0 Å². The van der Waals surface area contributed by atoms with Crippen molar-refractivity contribution in [2.45, 2.75) is 65.3 Å². The molecule has 0 radical (unpaired) electrons. The number of rotatable bonds is 10. The molecule has 1 aromatic rings. The summed E-state index contributed by atoms with van der Waals surface area (Å²) in [4.78, 5) is 0. The van der Waals surface area contributed by atoms with Gasteiger partial charge in [0.1, 0.15) is 5.82 Å². The minimum absolute atomic E-state index is 0.184. The zero-order valence-corrected chi connectivity index (χ0v) is 14.3. The van der Waals surface area contributed by atoms with Gasteiger partial charge in [-0.2, -0.15) is 0 Å². The molecule has 0 saturated carbocycles. The van der Waals surface area contributed by atoms with E-state index in [0.29, 0.717) is 29.0 Å². The van der Waals surface area contributed by atoms with Gasteiger partial charge in [0.05, 0.1) is 0 Å². The number of hydrogen-bond donors (Lipinski definition) is 1. The van der Waals surface area contributed by atoms with Crippen molar-refractivity contribution >= 4 is 11.6 Å². The molecule has 0 saturated heterocycles. The maximum atomic E-state index is 14.0. The third-order valence-electron chi connectivity index (χ3n) is 4.16. The van der Waals surface area contributed by atoms with Crippen LogP contribution in [0.4, 0.5) is 4.39 Å². The van der Waals surface area contributed by atoms with Gasteiger partial charge in [-0.15, -0.1) is 0 Å². The van der Waals surface area contributed by atoms with Crippen molar-refractivity contribution in [1.82, 2.24) is 5.32 Å². The highest BCUT2D eigenvalue weighted by Crippen LogP contribution is 2.25. The summed E-state index contributed by atoms with van der Waals surface area (Å²) in [5, 5.41) is 4.15. The maximum Gasteiger partial charge on any atom is 0.127 e. The van der Waals surface area contributed by atoms with Crippen molar-refractivity contribution < 1.29 is 4.39 Å². The van der Waals surface area contributed by atoms with Gasteiger partial charge in [0.15, 0.2) is 0 Å². The minimum Gasteiger partial charge on any atom is -0.313 e. The van der Waals surface area contributed by atoms with E-state index in [1.54, 1.807) is 12.1 Å². The molecule has 1 nitrogen and oxygen atoms in total. The monoisotopic (exact) mass is 313 g/mol. The molecule has 0 aliphatic heterocycles. The summed E-state index contributed by atoms with van der Waals surface area (Å²) in [5.74, 6) is 0.392. The number of halogens is 2. The zero-order valence-electron chi connectivity index (χ0n) is 13.6. The molecule has 120 valence electrons. The van der Waals surface area contributed by atoms with E-state index < -0.39 is 0 Å². The Morgan fingerprint density at radius 3 is 2.52 bits per heavy atom. The van der Waals surface area contributed by atoms with Crippen LogP contribution in [0.15, 0.2) is 18.2 Å². The Morgan fingerprint density at radius 1 is 1.19 bits per heavy atom. The highest BCUT2D eigenvalue weighted by molar-refractivity contribution is 6.31. The third kappa shape index (κ3) is 5.96. The van der Waals surface area contributed by atoms with E-state index in [4.69, 9.17) is 11.6 Å². The zero-order chi connectivity index (χ0) is 15.7. The van der Waals surface area contributed by atoms with Gasteiger partial charge in [-0.05, 0) is 43.9 Å². The Labute approximate surface area is 134 Å². The van der Waals surface area contributed by atoms with Crippen LogP contribution >= 0.6 is 11.6 Å². The van der Waals surface area contributed by atoms with Gasteiger partial charge in [-0.25, -0.2) is 4.39 Å². The van der Waals surface area contributed by atoms with Crippen molar-refractivity contribution in [1.29, 1.82) is 0 Å². The lowest BCUT2D eigenvalue weighted by Crippen LogP contribution is -2.38. The molecule has 0 aliphatic carbocycles. The molecule has 1 N–H and O–H groups in total. The summed E-state index contributed by atoms with van der Waals surface area (Å²) in [5.41, 5.74) is 0.655. The molecule has 2 unspecified atom stereocenters. The van der Waals surface area contributed by atoms with E-state index in [9.17, 15) is 4.39 Å². The molecule has 0 heterocycles. The number of hydrogen-bond acceptors (Lipinski definition) is 1. The minimum atomic E-state index is -0.184. The lowest BCUT2D eigenvalue weighted by molar-refractivity contribution is 0.313. The molecule has 2 atom stereocenters. The second-order valence-corrected chi connectivity index (χ2v) is 6.18. The molecule has 1 rings (SSSR count). The molecule has 21 heavy (non-hydrogen) atoms. The molecule has 0 aliphatic rings. The fraction of sp³-hybridized carbons (Fsp3) is 0.667. The predicted octanol–water partition coefficient (Wildman–Crippen LogP) is 5.61. The van der Waals surface area contributed by atoms with E-state index >= 15 is 0 Å². The molecule has 0 bridgehead atoms. The van der Waals surface area contributed by atoms with Crippen LogP contribution in [0.25, 0.3) is 0 Å². The molecule has 0 amide bonds. The first-order valence-electron chi connectivity index (χ1n) is 8.30. The number of benzene rings is 1. The summed E-state index contributed by atoms with van der Waals surface area (Å²) in [7, 11) is 0. The first-order valence-corrected chi connectivity index (χ1v) is 8.68. The van der Waals surface area contributed by atoms with Crippen molar-refractivity contribution in [3.8, 4) is 0 Å². The second kappa shape index (κ2) is 10.2. The summed E-state index contributed by atoms with van der Waals surface area (Å²) in [6.45, 7) is 7.57. The Kier molecular flexibility index (Phi) is 8.94. The molecular formula is C18H29ClFN. The number of unbranched alkanes of at least 4 members (excludes halogenated alkanes) is 1. The summed E-state index contributed by atoms with van der Waals surface area (Å²) >= 11 is 6.19. The summed E-state index contributed by atoms with van der Waals surface area (Å²) in [6.07, 6.45) is 6.51. The standard InChI is InChI=1S/C18H29ClFN/c1-4-7-9-14(6-3)18(21-12-5-2)13-15-16(19)10-8-11-17(15)20/h8,10-11,14,18,21H,4-7,9,12-13H2,1-3H3. The molecule has 0 spiro atoms. The van der Waals surface area contributed by atoms with Crippen LogP contribution in [-0.4, -0.2) is 12.6 Å². The van der Waals surface area contributed by atoms with Gasteiger partial charge < -0.3 is 5.32 Å². The summed E-state index contributed by atoms with van der Waals surface area (Å²) in [6, 6.07) is 5.26. The van der Waals surface area contributed by atoms with Crippen LogP contribution in [0.5, 0.6) is 0 Å². The van der Waals surface area contributed by atoms with Crippen LogP contribution in [0, 0.1) is 11.7 Å². The van der Waals surface area contributed by atoms with Crippen LogP contribution in [-0.2, 0) is 6.42 Å². The Morgan fingerprint density at radius 2 is 1.95 bits per heavy atom. The van der Waals surface area contributed by atoms with E-state index in [1.807, 2.05) is 0 Å². The Hall–Kier alpha value is -0.600.